The standard InChI is InChI=1S/C22H32BrClN2O/c1-3-5-13-26(14-6-4-2)15-7-12-25-17-19-9-11-22(27-19)20-10-8-18(23)16-21(20)24/h8-11,16,25H,3-7,12-15,17H2,1-2H3. The number of unbranched alkanes of at least 4 members (excludes halogenated alkanes) is 2. The van der Waals surface area contributed by atoms with Crippen molar-refractivity contribution in [2.24, 2.45) is 0 Å². The molecule has 0 unspecified atom stereocenters. The summed E-state index contributed by atoms with van der Waals surface area (Å²) in [6, 6.07) is 9.85. The van der Waals surface area contributed by atoms with E-state index in [1.807, 2.05) is 30.3 Å². The highest BCUT2D eigenvalue weighted by atomic mass is 79.9. The zero-order valence-electron chi connectivity index (χ0n) is 16.6. The average molecular weight is 456 g/mol. The van der Waals surface area contributed by atoms with Gasteiger partial charge in [0.2, 0.25) is 0 Å². The summed E-state index contributed by atoms with van der Waals surface area (Å²) in [5.41, 5.74) is 0.925. The minimum atomic E-state index is 0.692. The molecule has 5 heteroatoms. The van der Waals surface area contributed by atoms with Crippen molar-refractivity contribution in [3.8, 4) is 11.3 Å². The highest BCUT2D eigenvalue weighted by Gasteiger charge is 2.09. The highest BCUT2D eigenvalue weighted by Crippen LogP contribution is 2.31. The predicted molar refractivity (Wildman–Crippen MR) is 119 cm³/mol. The molecule has 0 atom stereocenters. The van der Waals surface area contributed by atoms with Gasteiger partial charge in [0.25, 0.3) is 0 Å². The van der Waals surface area contributed by atoms with Gasteiger partial charge in [0, 0.05) is 10.0 Å². The molecule has 27 heavy (non-hydrogen) atoms. The SMILES string of the molecule is CCCCN(CCCC)CCCNCc1ccc(-c2ccc(Br)cc2Cl)o1. The van der Waals surface area contributed by atoms with Crippen LogP contribution in [-0.4, -0.2) is 31.1 Å². The summed E-state index contributed by atoms with van der Waals surface area (Å²) in [6.07, 6.45) is 6.30. The lowest BCUT2D eigenvalue weighted by Gasteiger charge is -2.21. The minimum Gasteiger partial charge on any atom is -0.460 e. The zero-order chi connectivity index (χ0) is 19.5. The Bertz CT molecular complexity index is 666. The van der Waals surface area contributed by atoms with Crippen LogP contribution in [0.5, 0.6) is 0 Å². The van der Waals surface area contributed by atoms with Crippen molar-refractivity contribution < 1.29 is 4.42 Å². The fourth-order valence-electron chi connectivity index (χ4n) is 3.05. The van der Waals surface area contributed by atoms with E-state index in [1.165, 1.54) is 51.7 Å². The molecule has 0 radical (unpaired) electrons. The molecule has 0 saturated carbocycles. The van der Waals surface area contributed by atoms with E-state index < -0.39 is 0 Å². The van der Waals surface area contributed by atoms with Gasteiger partial charge in [-0.25, -0.2) is 0 Å². The molecule has 1 aromatic heterocycles. The fourth-order valence-corrected chi connectivity index (χ4v) is 3.81. The maximum atomic E-state index is 6.31. The number of hydrogen-bond donors (Lipinski definition) is 1. The van der Waals surface area contributed by atoms with Gasteiger partial charge in [0.15, 0.2) is 0 Å². The van der Waals surface area contributed by atoms with E-state index in [1.54, 1.807) is 0 Å². The predicted octanol–water partition coefficient (Wildman–Crippen LogP) is 6.74. The molecule has 0 fully saturated rings. The minimum absolute atomic E-state index is 0.692. The van der Waals surface area contributed by atoms with Gasteiger partial charge in [0.1, 0.15) is 11.5 Å². The lowest BCUT2D eigenvalue weighted by Crippen LogP contribution is -2.29. The molecule has 0 bridgehead atoms. The molecule has 1 aromatic carbocycles. The first kappa shape index (κ1) is 22.5. The molecule has 1 heterocycles. The molecule has 0 saturated heterocycles. The van der Waals surface area contributed by atoms with Crippen molar-refractivity contribution in [2.75, 3.05) is 26.2 Å². The molecule has 3 nitrogen and oxygen atoms in total. The Morgan fingerprint density at radius 2 is 1.70 bits per heavy atom. The Labute approximate surface area is 177 Å². The number of furan rings is 1. The first-order valence-corrected chi connectivity index (χ1v) is 11.3. The van der Waals surface area contributed by atoms with Gasteiger partial charge >= 0.3 is 0 Å². The van der Waals surface area contributed by atoms with Gasteiger partial charge in [-0.3, -0.25) is 0 Å². The molecule has 1 N–H and O–H groups in total. The largest absolute Gasteiger partial charge is 0.460 e. The summed E-state index contributed by atoms with van der Waals surface area (Å²) >= 11 is 9.74. The van der Waals surface area contributed by atoms with Crippen LogP contribution < -0.4 is 5.32 Å². The van der Waals surface area contributed by atoms with E-state index in [9.17, 15) is 0 Å². The zero-order valence-corrected chi connectivity index (χ0v) is 18.9. The maximum Gasteiger partial charge on any atom is 0.135 e. The lowest BCUT2D eigenvalue weighted by atomic mass is 10.2. The van der Waals surface area contributed by atoms with Crippen molar-refractivity contribution >= 4 is 27.5 Å². The molecule has 150 valence electrons. The van der Waals surface area contributed by atoms with E-state index in [4.69, 9.17) is 16.0 Å². The third kappa shape index (κ3) is 7.98. The quantitative estimate of drug-likeness (QED) is 0.339. The smallest absolute Gasteiger partial charge is 0.135 e. The number of benzene rings is 1. The topological polar surface area (TPSA) is 28.4 Å². The number of hydrogen-bond acceptors (Lipinski definition) is 3. The van der Waals surface area contributed by atoms with Crippen LogP contribution in [0.3, 0.4) is 0 Å². The van der Waals surface area contributed by atoms with Gasteiger partial charge in [0.05, 0.1) is 11.6 Å². The maximum absolute atomic E-state index is 6.31. The second-order valence-corrected chi connectivity index (χ2v) is 8.29. The first-order valence-electron chi connectivity index (χ1n) is 10.1. The van der Waals surface area contributed by atoms with E-state index >= 15 is 0 Å². The summed E-state index contributed by atoms with van der Waals surface area (Å²) in [7, 11) is 0. The van der Waals surface area contributed by atoms with Gasteiger partial charge in [-0.05, 0) is 75.8 Å². The normalized spacial score (nSPS) is 11.4. The fraction of sp³-hybridized carbons (Fsp3) is 0.545. The number of nitrogens with zero attached hydrogens (tertiary/aromatic N) is 1. The molecule has 0 amide bonds. The summed E-state index contributed by atoms with van der Waals surface area (Å²) in [4.78, 5) is 2.61. The number of nitrogens with one attached hydrogen (secondary N) is 1. The van der Waals surface area contributed by atoms with Crippen LogP contribution in [0.15, 0.2) is 39.2 Å². The Kier molecular flexibility index (Phi) is 10.5. The van der Waals surface area contributed by atoms with Crippen LogP contribution in [-0.2, 0) is 6.54 Å². The lowest BCUT2D eigenvalue weighted by molar-refractivity contribution is 0.260. The second-order valence-electron chi connectivity index (χ2n) is 6.97. The van der Waals surface area contributed by atoms with Crippen LogP contribution in [0.4, 0.5) is 0 Å². The van der Waals surface area contributed by atoms with Crippen molar-refractivity contribution in [3.05, 3.63) is 45.6 Å². The van der Waals surface area contributed by atoms with E-state index in [-0.39, 0.29) is 0 Å². The molecule has 0 aliphatic rings. The Hall–Kier alpha value is -0.810. The van der Waals surface area contributed by atoms with Gasteiger partial charge in [-0.2, -0.15) is 0 Å². The van der Waals surface area contributed by atoms with E-state index in [0.29, 0.717) is 5.02 Å². The summed E-state index contributed by atoms with van der Waals surface area (Å²) in [5.74, 6) is 1.76. The van der Waals surface area contributed by atoms with Crippen LogP contribution in [0.1, 0.15) is 51.7 Å². The number of rotatable bonds is 13. The third-order valence-corrected chi connectivity index (χ3v) is 5.45. The Balaban J connectivity index is 1.73. The van der Waals surface area contributed by atoms with Crippen molar-refractivity contribution in [3.63, 3.8) is 0 Å². The summed E-state index contributed by atoms with van der Waals surface area (Å²) < 4.78 is 6.92. The molecule has 2 rings (SSSR count). The third-order valence-electron chi connectivity index (χ3n) is 4.64. The highest BCUT2D eigenvalue weighted by molar-refractivity contribution is 9.10. The summed E-state index contributed by atoms with van der Waals surface area (Å²) in [5, 5.41) is 4.19. The van der Waals surface area contributed by atoms with Crippen LogP contribution >= 0.6 is 27.5 Å². The number of halogens is 2. The monoisotopic (exact) mass is 454 g/mol. The van der Waals surface area contributed by atoms with Crippen LogP contribution in [0, 0.1) is 0 Å². The molecule has 0 aliphatic heterocycles. The van der Waals surface area contributed by atoms with E-state index in [2.05, 4.69) is 40.0 Å². The molecular formula is C22H32BrClN2O. The van der Waals surface area contributed by atoms with Crippen LogP contribution in [0.2, 0.25) is 5.02 Å². The van der Waals surface area contributed by atoms with Crippen molar-refractivity contribution in [2.45, 2.75) is 52.5 Å². The van der Waals surface area contributed by atoms with Gasteiger partial charge < -0.3 is 14.6 Å². The molecule has 0 spiro atoms. The molecular weight excluding hydrogens is 424 g/mol. The molecule has 2 aromatic rings. The van der Waals surface area contributed by atoms with Gasteiger partial charge in [-0.1, -0.05) is 54.2 Å². The van der Waals surface area contributed by atoms with Gasteiger partial charge in [-0.15, -0.1) is 0 Å². The first-order chi connectivity index (χ1) is 13.1. The van der Waals surface area contributed by atoms with E-state index in [0.717, 1.165) is 34.6 Å². The van der Waals surface area contributed by atoms with Crippen molar-refractivity contribution in [1.82, 2.24) is 10.2 Å². The van der Waals surface area contributed by atoms with Crippen LogP contribution in [0.25, 0.3) is 11.3 Å². The average Bonchev–Trinajstić information content (AvgIpc) is 3.11. The second kappa shape index (κ2) is 12.6. The Morgan fingerprint density at radius 1 is 1.00 bits per heavy atom. The summed E-state index contributed by atoms with van der Waals surface area (Å²) in [6.45, 7) is 9.90. The van der Waals surface area contributed by atoms with Crippen molar-refractivity contribution in [1.29, 1.82) is 0 Å². The molecule has 0 aliphatic carbocycles. The Morgan fingerprint density at radius 3 is 2.37 bits per heavy atom.